The first-order valence-corrected chi connectivity index (χ1v) is 15.9. The summed E-state index contributed by atoms with van der Waals surface area (Å²) in [5, 5.41) is 4.38. The molecule has 2 unspecified atom stereocenters. The molecule has 39 heavy (non-hydrogen) atoms. The first-order valence-electron chi connectivity index (χ1n) is 12.8. The van der Waals surface area contributed by atoms with E-state index in [1.165, 1.54) is 7.11 Å². The number of para-hydroxylation sites is 1. The van der Waals surface area contributed by atoms with Crippen molar-refractivity contribution in [1.82, 2.24) is 5.32 Å². The summed E-state index contributed by atoms with van der Waals surface area (Å²) in [5.74, 6) is 0.786. The molecule has 1 aromatic heterocycles. The molecule has 4 aromatic rings. The molecule has 5 nitrogen and oxygen atoms in total. The Labute approximate surface area is 246 Å². The molecule has 3 atom stereocenters. The molecule has 1 amide bonds. The van der Waals surface area contributed by atoms with Crippen LogP contribution in [-0.2, 0) is 22.4 Å². The summed E-state index contributed by atoms with van der Waals surface area (Å²) < 4.78 is 15.3. The van der Waals surface area contributed by atoms with Crippen LogP contribution in [0.5, 0.6) is 0 Å². The standard InChI is InChI=1S/C32H29BrINO4/c1-20-15-30(34-19-27(20)29-18-24-5-3-4-6-28(24)39-29)35-31(36)25(17-22-9-13-26(33)14-10-22)16-21-7-11-23(12-8-21)32(37)38-2/h3-15,18-20,25,27H,16-17H2,1-2H3,(H,35,36)/t20-,25?,27?/m1/s1. The molecular weight excluding hydrogens is 669 g/mol. The summed E-state index contributed by atoms with van der Waals surface area (Å²) >= 11 is 3.00. The molecule has 0 saturated carbocycles. The van der Waals surface area contributed by atoms with E-state index in [0.29, 0.717) is 18.4 Å². The molecule has 200 valence electrons. The van der Waals surface area contributed by atoms with Crippen molar-refractivity contribution in [1.29, 1.82) is 0 Å². The first kappa shape index (κ1) is 27.5. The average molecular weight is 698 g/mol. The Morgan fingerprint density at radius 1 is 1.00 bits per heavy atom. The largest absolute Gasteiger partial charge is 0.465 e. The highest BCUT2D eigenvalue weighted by Gasteiger charge is 2.26. The molecule has 0 aliphatic carbocycles. The zero-order valence-electron chi connectivity index (χ0n) is 21.7. The molecule has 1 aliphatic rings. The average Bonchev–Trinajstić information content (AvgIpc) is 3.38. The zero-order chi connectivity index (χ0) is 27.4. The van der Waals surface area contributed by atoms with E-state index in [4.69, 9.17) is 9.15 Å². The van der Waals surface area contributed by atoms with Gasteiger partial charge < -0.3 is 14.5 Å². The lowest BCUT2D eigenvalue weighted by Gasteiger charge is -2.23. The summed E-state index contributed by atoms with van der Waals surface area (Å²) in [4.78, 5) is 25.5. The van der Waals surface area contributed by atoms with Crippen molar-refractivity contribution in [3.63, 3.8) is 0 Å². The van der Waals surface area contributed by atoms with Crippen LogP contribution in [0, 0.1) is 11.8 Å². The highest BCUT2D eigenvalue weighted by Crippen LogP contribution is 2.36. The first-order chi connectivity index (χ1) is 18.9. The van der Waals surface area contributed by atoms with Gasteiger partial charge in [-0.05, 0) is 70.3 Å². The van der Waals surface area contributed by atoms with Gasteiger partial charge in [0.25, 0.3) is 0 Å². The fraction of sp³-hybridized carbons (Fsp3) is 0.219. The molecule has 0 spiro atoms. The maximum Gasteiger partial charge on any atom is 0.337 e. The quantitative estimate of drug-likeness (QED) is 0.117. The minimum absolute atomic E-state index is 0.0173. The van der Waals surface area contributed by atoms with Crippen molar-refractivity contribution in [2.75, 3.05) is 7.11 Å². The van der Waals surface area contributed by atoms with Crippen LogP contribution in [0.4, 0.5) is 0 Å². The molecule has 3 aromatic carbocycles. The van der Waals surface area contributed by atoms with Crippen LogP contribution >= 0.6 is 36.7 Å². The number of halogens is 2. The third-order valence-corrected chi connectivity index (χ3v) is 9.89. The van der Waals surface area contributed by atoms with E-state index in [-0.39, 0.29) is 29.6 Å². The van der Waals surface area contributed by atoms with Gasteiger partial charge in [-0.2, -0.15) is 0 Å². The van der Waals surface area contributed by atoms with Gasteiger partial charge in [0.1, 0.15) is 11.3 Å². The van der Waals surface area contributed by atoms with Gasteiger partial charge in [-0.15, -0.1) is 0 Å². The van der Waals surface area contributed by atoms with Crippen LogP contribution in [0.25, 0.3) is 11.0 Å². The number of hydrogen-bond donors (Lipinski definition) is 1. The van der Waals surface area contributed by atoms with E-state index in [9.17, 15) is 9.59 Å². The molecule has 0 radical (unpaired) electrons. The number of carbonyl (C=O) groups excluding carboxylic acids is 2. The highest BCUT2D eigenvalue weighted by molar-refractivity contribution is 14.2. The number of esters is 1. The lowest BCUT2D eigenvalue weighted by atomic mass is 9.91. The number of fused-ring (bicyclic) bond motifs is 1. The third-order valence-electron chi connectivity index (χ3n) is 6.93. The van der Waals surface area contributed by atoms with Gasteiger partial charge in [-0.25, -0.2) is 4.79 Å². The van der Waals surface area contributed by atoms with Gasteiger partial charge in [0.2, 0.25) is 5.91 Å². The summed E-state index contributed by atoms with van der Waals surface area (Å²) in [5.41, 5.74) is 3.50. The van der Waals surface area contributed by atoms with Crippen LogP contribution in [-0.4, -0.2) is 23.0 Å². The van der Waals surface area contributed by atoms with E-state index in [2.05, 4.69) is 50.4 Å². The molecular formula is C32H29BrINO4. The second-order valence-corrected chi connectivity index (χ2v) is 13.2. The number of benzene rings is 3. The Balaban J connectivity index is 1.31. The SMILES string of the molecule is COC(=O)c1ccc(CC(Cc2ccc(Br)cc2)C(=O)NC2=C[C@@H](C)C(c3cc4ccccc4o3)C=I2)cc1. The number of amides is 1. The number of hydrogen-bond acceptors (Lipinski definition) is 4. The van der Waals surface area contributed by atoms with Crippen molar-refractivity contribution >= 4 is 63.5 Å². The maximum atomic E-state index is 13.6. The summed E-state index contributed by atoms with van der Waals surface area (Å²) in [6.45, 7) is 2.17. The van der Waals surface area contributed by atoms with Crippen LogP contribution in [0.1, 0.15) is 40.1 Å². The number of allylic oxidation sites excluding steroid dienone is 1. The molecule has 5 rings (SSSR count). The van der Waals surface area contributed by atoms with E-state index < -0.39 is 20.7 Å². The fourth-order valence-electron chi connectivity index (χ4n) is 4.74. The Morgan fingerprint density at radius 3 is 2.31 bits per heavy atom. The molecule has 1 aliphatic heterocycles. The summed E-state index contributed by atoms with van der Waals surface area (Å²) in [6, 6.07) is 25.6. The summed E-state index contributed by atoms with van der Waals surface area (Å²) in [7, 11) is 1.37. The van der Waals surface area contributed by atoms with E-state index in [1.54, 1.807) is 12.1 Å². The zero-order valence-corrected chi connectivity index (χ0v) is 25.4. The van der Waals surface area contributed by atoms with Gasteiger partial charge >= 0.3 is 5.97 Å². The lowest BCUT2D eigenvalue weighted by Crippen LogP contribution is -2.32. The van der Waals surface area contributed by atoms with Gasteiger partial charge in [0.05, 0.1) is 16.4 Å². The highest BCUT2D eigenvalue weighted by atomic mass is 127. The number of methoxy groups -OCH3 is 1. The Bertz CT molecular complexity index is 1510. The third kappa shape index (κ3) is 6.76. The Kier molecular flexibility index (Phi) is 8.77. The number of rotatable bonds is 8. The smallest absolute Gasteiger partial charge is 0.337 e. The molecule has 2 heterocycles. The van der Waals surface area contributed by atoms with Crippen LogP contribution in [0.15, 0.2) is 97.5 Å². The number of ether oxygens (including phenoxy) is 1. The predicted molar refractivity (Wildman–Crippen MR) is 167 cm³/mol. The van der Waals surface area contributed by atoms with Gasteiger partial charge in [-0.1, -0.05) is 92.1 Å². The monoisotopic (exact) mass is 697 g/mol. The Morgan fingerprint density at radius 2 is 1.67 bits per heavy atom. The molecule has 0 fully saturated rings. The van der Waals surface area contributed by atoms with Crippen molar-refractivity contribution < 1.29 is 18.7 Å². The van der Waals surface area contributed by atoms with Crippen LogP contribution in [0.3, 0.4) is 0 Å². The second kappa shape index (κ2) is 12.4. The van der Waals surface area contributed by atoms with Crippen molar-refractivity contribution in [2.45, 2.75) is 25.7 Å². The molecule has 0 saturated heterocycles. The van der Waals surface area contributed by atoms with E-state index in [1.807, 2.05) is 54.6 Å². The molecule has 0 bridgehead atoms. The molecule has 1 N–H and O–H groups in total. The molecule has 7 heteroatoms. The topological polar surface area (TPSA) is 68.5 Å². The minimum Gasteiger partial charge on any atom is -0.465 e. The summed E-state index contributed by atoms with van der Waals surface area (Å²) in [6.07, 6.45) is 3.38. The van der Waals surface area contributed by atoms with Crippen molar-refractivity contribution in [3.8, 4) is 0 Å². The van der Waals surface area contributed by atoms with Gasteiger partial charge in [0, 0.05) is 21.7 Å². The Hall–Kier alpha value is -3.04. The van der Waals surface area contributed by atoms with Crippen LogP contribution in [0.2, 0.25) is 0 Å². The predicted octanol–water partition coefficient (Wildman–Crippen LogP) is 7.55. The number of carbonyl (C=O) groups is 2. The fourth-order valence-corrected chi connectivity index (χ4v) is 7.98. The number of nitrogens with one attached hydrogen (secondary N) is 1. The van der Waals surface area contributed by atoms with E-state index in [0.717, 1.165) is 36.0 Å². The van der Waals surface area contributed by atoms with Gasteiger partial charge in [0.15, 0.2) is 0 Å². The number of furan rings is 1. The van der Waals surface area contributed by atoms with Gasteiger partial charge in [-0.3, -0.25) is 4.79 Å². The minimum atomic E-state index is -0.486. The maximum absolute atomic E-state index is 13.6. The van der Waals surface area contributed by atoms with Crippen LogP contribution < -0.4 is 5.32 Å². The van der Waals surface area contributed by atoms with E-state index >= 15 is 0 Å². The second-order valence-electron chi connectivity index (χ2n) is 9.73. The normalized spacial score (nSPS) is 17.7. The lowest BCUT2D eigenvalue weighted by molar-refractivity contribution is -0.124. The van der Waals surface area contributed by atoms with Crippen molar-refractivity contribution in [3.05, 3.63) is 116 Å². The van der Waals surface area contributed by atoms with Crippen molar-refractivity contribution in [2.24, 2.45) is 11.8 Å².